The minimum absolute atomic E-state index is 0.00440. The Morgan fingerprint density at radius 2 is 1.84 bits per heavy atom. The van der Waals surface area contributed by atoms with Crippen LogP contribution in [-0.2, 0) is 16.3 Å². The van der Waals surface area contributed by atoms with Crippen LogP contribution in [0.15, 0.2) is 65.8 Å². The largest absolute Gasteiger partial charge is 0.390 e. The first-order valence-electron chi connectivity index (χ1n) is 12.1. The van der Waals surface area contributed by atoms with E-state index < -0.39 is 56.2 Å². The lowest BCUT2D eigenvalue weighted by Gasteiger charge is -2.60. The summed E-state index contributed by atoms with van der Waals surface area (Å²) in [6, 6.07) is 10.2. The molecule has 6 rings (SSSR count). The number of aliphatic hydroxyl groups is 2. The van der Waals surface area contributed by atoms with Crippen LogP contribution in [0.25, 0.3) is 0 Å². The topological polar surface area (TPSA) is 117 Å². The van der Waals surface area contributed by atoms with E-state index in [0.29, 0.717) is 6.42 Å². The molecule has 1 amide bonds. The molecular weight excluding hydrogens is 538 g/mol. The number of nitrogens with one attached hydrogen (secondary N) is 1. The van der Waals surface area contributed by atoms with Gasteiger partial charge < -0.3 is 15.5 Å². The number of pyridine rings is 1. The van der Waals surface area contributed by atoms with E-state index in [2.05, 4.69) is 10.3 Å². The summed E-state index contributed by atoms with van der Waals surface area (Å²) in [6.07, 6.45) is 3.26. The standard InChI is InChI=1S/C27H25ClF2N2O5S/c28-21-5-3-16(26(34)32-19-4-6-22(29)23(30)13-19)9-24(21)38(36,37)20-11-17-10-18(12-20)27(17,35)25(33)8-15-2-1-7-31-14-15/h1-7,9,13-14,17-18,20,25,33,35H,8,10-12H2,(H,32,34)/t17?,18?,20-,25?,27-. The first-order valence-corrected chi connectivity index (χ1v) is 14.0. The third-order valence-corrected chi connectivity index (χ3v) is 10.4. The van der Waals surface area contributed by atoms with E-state index in [-0.39, 0.29) is 40.4 Å². The maximum Gasteiger partial charge on any atom is 0.255 e. The molecule has 0 spiro atoms. The van der Waals surface area contributed by atoms with E-state index in [4.69, 9.17) is 11.6 Å². The summed E-state index contributed by atoms with van der Waals surface area (Å²) in [5.41, 5.74) is -0.641. The smallest absolute Gasteiger partial charge is 0.255 e. The molecule has 3 aliphatic carbocycles. The number of benzene rings is 2. The van der Waals surface area contributed by atoms with Gasteiger partial charge >= 0.3 is 0 Å². The molecule has 0 radical (unpaired) electrons. The van der Waals surface area contributed by atoms with Crippen molar-refractivity contribution in [2.45, 2.75) is 47.5 Å². The van der Waals surface area contributed by atoms with Crippen LogP contribution < -0.4 is 5.32 Å². The fraction of sp³-hybridized carbons (Fsp3) is 0.333. The zero-order valence-electron chi connectivity index (χ0n) is 20.0. The number of hydrogen-bond acceptors (Lipinski definition) is 6. The van der Waals surface area contributed by atoms with Crippen molar-refractivity contribution < 1.29 is 32.2 Å². The van der Waals surface area contributed by atoms with Gasteiger partial charge in [0, 0.05) is 36.1 Å². The molecule has 3 unspecified atom stereocenters. The number of aliphatic hydroxyl groups excluding tert-OH is 1. The number of amides is 1. The van der Waals surface area contributed by atoms with Gasteiger partial charge in [-0.2, -0.15) is 0 Å². The summed E-state index contributed by atoms with van der Waals surface area (Å²) in [5.74, 6) is -3.74. The van der Waals surface area contributed by atoms with Gasteiger partial charge in [0.2, 0.25) is 0 Å². The van der Waals surface area contributed by atoms with Gasteiger partial charge in [-0.05, 0) is 73.1 Å². The molecule has 1 heterocycles. The second kappa shape index (κ2) is 10.00. The highest BCUT2D eigenvalue weighted by atomic mass is 35.5. The third-order valence-electron chi connectivity index (χ3n) is 7.77. The fourth-order valence-corrected chi connectivity index (χ4v) is 8.12. The Bertz CT molecular complexity index is 1480. The Morgan fingerprint density at radius 3 is 2.50 bits per heavy atom. The molecule has 3 N–H and O–H groups in total. The lowest BCUT2D eigenvalue weighted by molar-refractivity contribution is -0.230. The lowest BCUT2D eigenvalue weighted by atomic mass is 9.51. The van der Waals surface area contributed by atoms with Gasteiger partial charge in [-0.15, -0.1) is 0 Å². The maximum atomic E-state index is 13.6. The van der Waals surface area contributed by atoms with Crippen LogP contribution in [0.1, 0.15) is 35.2 Å². The zero-order valence-corrected chi connectivity index (χ0v) is 21.6. The molecule has 1 aromatic heterocycles. The molecule has 7 nitrogen and oxygen atoms in total. The fourth-order valence-electron chi connectivity index (χ4n) is 5.72. The first-order chi connectivity index (χ1) is 18.0. The predicted octanol–water partition coefficient (Wildman–Crippen LogP) is 4.17. The number of sulfone groups is 1. The average molecular weight is 563 g/mol. The van der Waals surface area contributed by atoms with E-state index in [9.17, 15) is 32.2 Å². The van der Waals surface area contributed by atoms with E-state index in [1.54, 1.807) is 24.5 Å². The molecule has 0 aliphatic heterocycles. The summed E-state index contributed by atoms with van der Waals surface area (Å²) >= 11 is 6.25. The van der Waals surface area contributed by atoms with Crippen LogP contribution in [0.4, 0.5) is 14.5 Å². The second-order valence-electron chi connectivity index (χ2n) is 9.96. The Morgan fingerprint density at radius 1 is 1.11 bits per heavy atom. The van der Waals surface area contributed by atoms with E-state index in [0.717, 1.165) is 23.8 Å². The minimum Gasteiger partial charge on any atom is -0.390 e. The number of hydrogen-bond donors (Lipinski definition) is 3. The van der Waals surface area contributed by atoms with E-state index in [1.165, 1.54) is 18.2 Å². The Hall–Kier alpha value is -2.92. The quantitative estimate of drug-likeness (QED) is 0.398. The highest BCUT2D eigenvalue weighted by molar-refractivity contribution is 7.92. The average Bonchev–Trinajstić information content (AvgIpc) is 2.90. The van der Waals surface area contributed by atoms with Crippen molar-refractivity contribution in [1.82, 2.24) is 4.98 Å². The molecule has 11 heteroatoms. The highest BCUT2D eigenvalue weighted by Gasteiger charge is 2.63. The highest BCUT2D eigenvalue weighted by Crippen LogP contribution is 2.57. The number of fused-ring (bicyclic) bond motifs is 2. The molecular formula is C27H25ClF2N2O5S. The SMILES string of the molecule is O=C(Nc1ccc(F)c(F)c1)c1ccc(Cl)c(S(=O)(=O)[C@H]2CC3CC(C2)[C@]3(O)C(O)Cc2cccnc2)c1. The number of carbonyl (C=O) groups excluding carboxylic acids is 1. The van der Waals surface area contributed by atoms with Crippen molar-refractivity contribution in [2.75, 3.05) is 5.32 Å². The van der Waals surface area contributed by atoms with Gasteiger partial charge in [-0.1, -0.05) is 17.7 Å². The van der Waals surface area contributed by atoms with Gasteiger partial charge in [-0.3, -0.25) is 9.78 Å². The van der Waals surface area contributed by atoms with Crippen LogP contribution in [0.5, 0.6) is 0 Å². The van der Waals surface area contributed by atoms with Crippen molar-refractivity contribution in [2.24, 2.45) is 11.8 Å². The third kappa shape index (κ3) is 4.70. The Labute approximate surface area is 223 Å². The summed E-state index contributed by atoms with van der Waals surface area (Å²) in [6.45, 7) is 0. The van der Waals surface area contributed by atoms with Crippen molar-refractivity contribution >= 4 is 33.0 Å². The second-order valence-corrected chi connectivity index (χ2v) is 12.6. The van der Waals surface area contributed by atoms with Gasteiger partial charge in [-0.25, -0.2) is 17.2 Å². The van der Waals surface area contributed by atoms with Gasteiger partial charge in [0.15, 0.2) is 21.5 Å². The number of rotatable bonds is 7. The van der Waals surface area contributed by atoms with Crippen molar-refractivity contribution in [1.29, 1.82) is 0 Å². The number of anilines is 1. The first kappa shape index (κ1) is 26.7. The molecule has 3 aromatic rings. The van der Waals surface area contributed by atoms with Gasteiger partial charge in [0.1, 0.15) is 0 Å². The zero-order chi connectivity index (χ0) is 27.2. The Balaban J connectivity index is 1.32. The number of nitrogens with zero attached hydrogens (tertiary/aromatic N) is 1. The Kier molecular flexibility index (Phi) is 7.02. The normalized spacial score (nSPS) is 25.3. The number of aromatic nitrogens is 1. The van der Waals surface area contributed by atoms with Crippen molar-refractivity contribution in [3.8, 4) is 0 Å². The van der Waals surface area contributed by atoms with Crippen LogP contribution in [0.2, 0.25) is 5.02 Å². The van der Waals surface area contributed by atoms with Crippen molar-refractivity contribution in [3.63, 3.8) is 0 Å². The van der Waals surface area contributed by atoms with Crippen LogP contribution in [-0.4, -0.2) is 46.5 Å². The van der Waals surface area contributed by atoms with Crippen LogP contribution in [0.3, 0.4) is 0 Å². The van der Waals surface area contributed by atoms with Crippen LogP contribution in [0, 0.1) is 23.5 Å². The summed E-state index contributed by atoms with van der Waals surface area (Å²) < 4.78 is 53.9. The monoisotopic (exact) mass is 562 g/mol. The predicted molar refractivity (Wildman–Crippen MR) is 136 cm³/mol. The van der Waals surface area contributed by atoms with E-state index in [1.807, 2.05) is 0 Å². The minimum atomic E-state index is -4.00. The molecule has 0 saturated heterocycles. The molecule has 2 aromatic carbocycles. The molecule has 200 valence electrons. The van der Waals surface area contributed by atoms with Gasteiger partial charge in [0.25, 0.3) is 5.91 Å². The van der Waals surface area contributed by atoms with Crippen LogP contribution >= 0.6 is 11.6 Å². The summed E-state index contributed by atoms with van der Waals surface area (Å²) in [4.78, 5) is 16.5. The molecule has 3 saturated carbocycles. The molecule has 2 bridgehead atoms. The molecule has 3 atom stereocenters. The molecule has 38 heavy (non-hydrogen) atoms. The van der Waals surface area contributed by atoms with Crippen molar-refractivity contribution in [3.05, 3.63) is 88.7 Å². The van der Waals surface area contributed by atoms with E-state index >= 15 is 0 Å². The summed E-state index contributed by atoms with van der Waals surface area (Å²) in [5, 5.41) is 23.7. The molecule has 3 fully saturated rings. The summed E-state index contributed by atoms with van der Waals surface area (Å²) in [7, 11) is -4.00. The lowest BCUT2D eigenvalue weighted by Crippen LogP contribution is -2.67. The number of halogens is 3. The molecule has 3 aliphatic rings. The van der Waals surface area contributed by atoms with Gasteiger partial charge in [0.05, 0.1) is 26.9 Å². The number of carbonyl (C=O) groups is 1. The maximum absolute atomic E-state index is 13.6.